The highest BCUT2D eigenvalue weighted by molar-refractivity contribution is 7.89. The van der Waals surface area contributed by atoms with Gasteiger partial charge in [0, 0.05) is 24.2 Å². The van der Waals surface area contributed by atoms with Gasteiger partial charge in [-0.25, -0.2) is 12.8 Å². The Morgan fingerprint density at radius 2 is 1.93 bits per heavy atom. The minimum Gasteiger partial charge on any atom is -0.495 e. The zero-order chi connectivity index (χ0) is 19.9. The van der Waals surface area contributed by atoms with E-state index in [1.165, 1.54) is 17.5 Å². The van der Waals surface area contributed by atoms with E-state index in [0.29, 0.717) is 18.5 Å². The van der Waals surface area contributed by atoms with E-state index in [2.05, 4.69) is 5.32 Å². The second kappa shape index (κ2) is 7.18. The third-order valence-electron chi connectivity index (χ3n) is 5.50. The fourth-order valence-corrected chi connectivity index (χ4v) is 6.14. The Bertz CT molecular complexity index is 997. The number of hydrogen-bond donors (Lipinski definition) is 1. The monoisotopic (exact) mass is 404 g/mol. The number of benzene rings is 2. The summed E-state index contributed by atoms with van der Waals surface area (Å²) >= 11 is 0. The van der Waals surface area contributed by atoms with Crippen LogP contribution in [0.3, 0.4) is 0 Å². The summed E-state index contributed by atoms with van der Waals surface area (Å²) < 4.78 is 46.7. The van der Waals surface area contributed by atoms with Crippen LogP contribution in [-0.2, 0) is 10.0 Å². The number of nitrogens with zero attached hydrogens (tertiary/aromatic N) is 1. The van der Waals surface area contributed by atoms with E-state index in [9.17, 15) is 17.6 Å². The van der Waals surface area contributed by atoms with Crippen LogP contribution in [0.2, 0.25) is 0 Å². The number of fused-ring (bicyclic) bond motifs is 2. The molecule has 1 N–H and O–H groups in total. The van der Waals surface area contributed by atoms with Gasteiger partial charge in [-0.05, 0) is 49.1 Å². The van der Waals surface area contributed by atoms with Gasteiger partial charge in [-0.15, -0.1) is 0 Å². The molecule has 148 valence electrons. The summed E-state index contributed by atoms with van der Waals surface area (Å²) in [5.74, 6) is -0.592. The molecule has 0 aromatic heterocycles. The molecule has 8 heteroatoms. The van der Waals surface area contributed by atoms with Crippen molar-refractivity contribution in [2.75, 3.05) is 13.7 Å². The highest BCUT2D eigenvalue weighted by atomic mass is 32.2. The molecule has 2 aliphatic rings. The Kier molecular flexibility index (Phi) is 4.84. The first-order chi connectivity index (χ1) is 13.4. The molecular formula is C20H21FN2O4S. The number of methoxy groups -OCH3 is 1. The number of nitrogens with one attached hydrogen (secondary N) is 1. The first-order valence-electron chi connectivity index (χ1n) is 9.11. The number of halogens is 1. The molecule has 0 radical (unpaired) electrons. The maximum Gasteiger partial charge on any atom is 0.251 e. The summed E-state index contributed by atoms with van der Waals surface area (Å²) in [6.07, 6.45) is 1.41. The highest BCUT2D eigenvalue weighted by Gasteiger charge is 2.50. The van der Waals surface area contributed by atoms with E-state index < -0.39 is 15.8 Å². The van der Waals surface area contributed by atoms with Crippen molar-refractivity contribution in [3.63, 3.8) is 0 Å². The van der Waals surface area contributed by atoms with Crippen LogP contribution < -0.4 is 10.1 Å². The van der Waals surface area contributed by atoms with E-state index in [1.807, 2.05) is 6.07 Å². The Morgan fingerprint density at radius 1 is 1.18 bits per heavy atom. The summed E-state index contributed by atoms with van der Waals surface area (Å²) in [6.45, 7) is 0.365. The molecule has 3 unspecified atom stereocenters. The SMILES string of the molecule is COc1ccc(F)cc1S(=O)(=O)N1CC2CC(NC(=O)c3ccccc3)C1C2. The number of carbonyl (C=O) groups excluding carboxylic acids is 1. The second-order valence-corrected chi connectivity index (χ2v) is 9.08. The fourth-order valence-electron chi connectivity index (χ4n) is 4.23. The predicted octanol–water partition coefficient (Wildman–Crippen LogP) is 2.42. The van der Waals surface area contributed by atoms with E-state index in [4.69, 9.17) is 4.74 Å². The molecule has 0 spiro atoms. The number of ether oxygens (including phenoxy) is 1. The summed E-state index contributed by atoms with van der Waals surface area (Å²) in [5.41, 5.74) is 0.534. The largest absolute Gasteiger partial charge is 0.495 e. The van der Waals surface area contributed by atoms with Gasteiger partial charge < -0.3 is 10.1 Å². The van der Waals surface area contributed by atoms with Crippen LogP contribution in [0.1, 0.15) is 23.2 Å². The zero-order valence-corrected chi connectivity index (χ0v) is 16.2. The molecule has 6 nitrogen and oxygen atoms in total. The maximum absolute atomic E-state index is 13.7. The molecule has 2 aromatic carbocycles. The fraction of sp³-hybridized carbons (Fsp3) is 0.350. The van der Waals surface area contributed by atoms with Gasteiger partial charge in [0.2, 0.25) is 10.0 Å². The average Bonchev–Trinajstić information content (AvgIpc) is 3.29. The number of rotatable bonds is 5. The smallest absolute Gasteiger partial charge is 0.251 e. The lowest BCUT2D eigenvalue weighted by molar-refractivity contribution is 0.0917. The number of sulfonamides is 1. The summed E-state index contributed by atoms with van der Waals surface area (Å²) in [6, 6.07) is 11.7. The van der Waals surface area contributed by atoms with Gasteiger partial charge in [-0.2, -0.15) is 4.31 Å². The van der Waals surface area contributed by atoms with Crippen LogP contribution in [0, 0.1) is 11.7 Å². The van der Waals surface area contributed by atoms with Gasteiger partial charge in [0.15, 0.2) is 0 Å². The first-order valence-corrected chi connectivity index (χ1v) is 10.6. The van der Waals surface area contributed by atoms with Gasteiger partial charge in [-0.3, -0.25) is 4.79 Å². The van der Waals surface area contributed by atoms with Crippen LogP contribution in [0.5, 0.6) is 5.75 Å². The molecule has 4 rings (SSSR count). The Morgan fingerprint density at radius 3 is 2.61 bits per heavy atom. The number of piperidine rings is 1. The summed E-state index contributed by atoms with van der Waals surface area (Å²) in [7, 11) is -2.60. The summed E-state index contributed by atoms with van der Waals surface area (Å²) in [5, 5.41) is 2.97. The molecule has 1 saturated heterocycles. The Balaban J connectivity index is 1.58. The molecule has 1 saturated carbocycles. The van der Waals surface area contributed by atoms with Crippen LogP contribution in [-0.4, -0.2) is 44.4 Å². The van der Waals surface area contributed by atoms with Gasteiger partial charge >= 0.3 is 0 Å². The molecule has 1 aliphatic carbocycles. The van der Waals surface area contributed by atoms with Crippen molar-refractivity contribution in [3.8, 4) is 5.75 Å². The Labute approximate surface area is 163 Å². The highest BCUT2D eigenvalue weighted by Crippen LogP contribution is 2.42. The standard InChI is InChI=1S/C20H21FN2O4S/c1-27-18-8-7-15(21)11-19(18)28(25,26)23-12-13-9-16(17(23)10-13)22-20(24)14-5-3-2-4-6-14/h2-8,11,13,16-17H,9-10,12H2,1H3,(H,22,24). The third-order valence-corrected chi connectivity index (χ3v) is 7.41. The van der Waals surface area contributed by atoms with E-state index in [-0.39, 0.29) is 34.6 Å². The molecule has 2 aromatic rings. The van der Waals surface area contributed by atoms with Gasteiger partial charge in [-0.1, -0.05) is 18.2 Å². The third kappa shape index (κ3) is 3.27. The van der Waals surface area contributed by atoms with Crippen LogP contribution in [0.4, 0.5) is 4.39 Å². The van der Waals surface area contributed by atoms with Gasteiger partial charge in [0.25, 0.3) is 5.91 Å². The Hall–Kier alpha value is -2.45. The molecule has 1 heterocycles. The van der Waals surface area contributed by atoms with E-state index >= 15 is 0 Å². The normalized spacial score (nSPS) is 24.3. The second-order valence-electron chi connectivity index (χ2n) is 7.22. The lowest BCUT2D eigenvalue weighted by atomic mass is 10.1. The van der Waals surface area contributed by atoms with Crippen molar-refractivity contribution in [3.05, 3.63) is 59.9 Å². The first kappa shape index (κ1) is 18.9. The number of amides is 1. The van der Waals surface area contributed by atoms with Gasteiger partial charge in [0.1, 0.15) is 16.5 Å². The van der Waals surface area contributed by atoms with Crippen LogP contribution >= 0.6 is 0 Å². The minimum absolute atomic E-state index is 0.106. The summed E-state index contributed by atoms with van der Waals surface area (Å²) in [4.78, 5) is 12.3. The number of carbonyl (C=O) groups is 1. The van der Waals surface area contributed by atoms with Crippen LogP contribution in [0.25, 0.3) is 0 Å². The quantitative estimate of drug-likeness (QED) is 0.831. The van der Waals surface area contributed by atoms with Crippen molar-refractivity contribution < 1.29 is 22.3 Å². The number of hydrogen-bond acceptors (Lipinski definition) is 4. The molecule has 2 bridgehead atoms. The van der Waals surface area contributed by atoms with E-state index in [0.717, 1.165) is 18.6 Å². The molecular weight excluding hydrogens is 383 g/mol. The van der Waals surface area contributed by atoms with Crippen molar-refractivity contribution in [1.29, 1.82) is 0 Å². The van der Waals surface area contributed by atoms with Crippen molar-refractivity contribution in [1.82, 2.24) is 9.62 Å². The average molecular weight is 404 g/mol. The molecule has 3 atom stereocenters. The van der Waals surface area contributed by atoms with Crippen molar-refractivity contribution in [2.45, 2.75) is 29.8 Å². The van der Waals surface area contributed by atoms with E-state index in [1.54, 1.807) is 24.3 Å². The van der Waals surface area contributed by atoms with Crippen molar-refractivity contribution in [2.24, 2.45) is 5.92 Å². The maximum atomic E-state index is 13.7. The molecule has 28 heavy (non-hydrogen) atoms. The molecule has 1 aliphatic heterocycles. The van der Waals surface area contributed by atoms with Crippen molar-refractivity contribution >= 4 is 15.9 Å². The minimum atomic E-state index is -3.95. The van der Waals surface area contributed by atoms with Gasteiger partial charge in [0.05, 0.1) is 7.11 Å². The van der Waals surface area contributed by atoms with Crippen LogP contribution in [0.15, 0.2) is 53.4 Å². The zero-order valence-electron chi connectivity index (χ0n) is 15.3. The molecule has 2 fully saturated rings. The predicted molar refractivity (Wildman–Crippen MR) is 101 cm³/mol. The lowest BCUT2D eigenvalue weighted by Crippen LogP contribution is -2.51. The molecule has 1 amide bonds. The lowest BCUT2D eigenvalue weighted by Gasteiger charge is -2.33. The topological polar surface area (TPSA) is 75.7 Å².